The summed E-state index contributed by atoms with van der Waals surface area (Å²) in [6, 6.07) is 1.98. The summed E-state index contributed by atoms with van der Waals surface area (Å²) in [6.07, 6.45) is 0. The van der Waals surface area contributed by atoms with E-state index in [0.717, 1.165) is 54.6 Å². The second kappa shape index (κ2) is 5.79. The Morgan fingerprint density at radius 3 is 2.82 bits per heavy atom. The van der Waals surface area contributed by atoms with E-state index < -0.39 is 0 Å². The number of hydrogen-bond acceptors (Lipinski definition) is 8. The maximum absolute atomic E-state index is 6.04. The minimum atomic E-state index is 0.575. The van der Waals surface area contributed by atoms with Crippen molar-refractivity contribution in [3.8, 4) is 0 Å². The maximum atomic E-state index is 6.04. The number of hydrogen-bond donors (Lipinski definition) is 1. The zero-order chi connectivity index (χ0) is 14.9. The van der Waals surface area contributed by atoms with Crippen LogP contribution in [0, 0.1) is 0 Å². The summed E-state index contributed by atoms with van der Waals surface area (Å²) in [5.74, 6) is 1.33. The first kappa shape index (κ1) is 13.9. The lowest BCUT2D eigenvalue weighted by molar-refractivity contribution is 0.246. The van der Waals surface area contributed by atoms with Crippen molar-refractivity contribution in [2.24, 2.45) is 0 Å². The minimum Gasteiger partial charge on any atom is -0.383 e. The highest BCUT2D eigenvalue weighted by atomic mass is 32.1. The maximum Gasteiger partial charge on any atom is 0.228 e. The first-order valence-electron chi connectivity index (χ1n) is 7.15. The van der Waals surface area contributed by atoms with Crippen LogP contribution in [-0.2, 0) is 6.54 Å². The van der Waals surface area contributed by atoms with E-state index in [-0.39, 0.29) is 0 Å². The third-order valence-electron chi connectivity index (χ3n) is 3.87. The molecule has 0 bridgehead atoms. The van der Waals surface area contributed by atoms with E-state index in [0.29, 0.717) is 5.82 Å². The minimum absolute atomic E-state index is 0.575. The predicted octanol–water partition coefficient (Wildman–Crippen LogP) is 2.05. The van der Waals surface area contributed by atoms with E-state index in [2.05, 4.69) is 30.1 Å². The van der Waals surface area contributed by atoms with Crippen LogP contribution in [0.1, 0.15) is 5.69 Å². The van der Waals surface area contributed by atoms with Gasteiger partial charge in [-0.3, -0.25) is 4.90 Å². The van der Waals surface area contributed by atoms with Crippen LogP contribution in [0.5, 0.6) is 0 Å². The molecule has 1 aliphatic heterocycles. The van der Waals surface area contributed by atoms with Gasteiger partial charge in [0.05, 0.1) is 16.6 Å². The fraction of sp³-hybridized carbons (Fsp3) is 0.357. The molecule has 114 valence electrons. The number of nitrogens with two attached hydrogens (primary N) is 1. The van der Waals surface area contributed by atoms with Gasteiger partial charge in [-0.05, 0) is 11.4 Å². The molecule has 3 aromatic rings. The SMILES string of the molecule is Nc1nc(N2CCN(Cc3cscn3)CC2)nc2sccc12. The molecule has 0 aromatic carbocycles. The number of aromatic nitrogens is 3. The van der Waals surface area contributed by atoms with Gasteiger partial charge in [0.2, 0.25) is 5.95 Å². The molecule has 0 saturated carbocycles. The number of anilines is 2. The van der Waals surface area contributed by atoms with Gasteiger partial charge in [-0.25, -0.2) is 9.97 Å². The lowest BCUT2D eigenvalue weighted by Gasteiger charge is -2.34. The molecule has 3 aromatic heterocycles. The second-order valence-electron chi connectivity index (χ2n) is 5.29. The highest BCUT2D eigenvalue weighted by Crippen LogP contribution is 2.26. The van der Waals surface area contributed by atoms with Gasteiger partial charge >= 0.3 is 0 Å². The van der Waals surface area contributed by atoms with Crippen molar-refractivity contribution in [1.82, 2.24) is 19.9 Å². The van der Waals surface area contributed by atoms with E-state index >= 15 is 0 Å². The number of piperazine rings is 1. The van der Waals surface area contributed by atoms with E-state index in [4.69, 9.17) is 5.73 Å². The van der Waals surface area contributed by atoms with Gasteiger partial charge in [-0.1, -0.05) is 0 Å². The Morgan fingerprint density at radius 1 is 1.18 bits per heavy atom. The summed E-state index contributed by atoms with van der Waals surface area (Å²) in [7, 11) is 0. The topological polar surface area (TPSA) is 71.2 Å². The van der Waals surface area contributed by atoms with Crippen LogP contribution in [0.25, 0.3) is 10.2 Å². The van der Waals surface area contributed by atoms with Crippen LogP contribution in [0.15, 0.2) is 22.3 Å². The van der Waals surface area contributed by atoms with Crippen molar-refractivity contribution >= 4 is 44.7 Å². The van der Waals surface area contributed by atoms with Gasteiger partial charge in [0.25, 0.3) is 0 Å². The Labute approximate surface area is 136 Å². The van der Waals surface area contributed by atoms with Crippen molar-refractivity contribution in [1.29, 1.82) is 0 Å². The molecule has 8 heteroatoms. The Kier molecular flexibility index (Phi) is 3.65. The van der Waals surface area contributed by atoms with Crippen molar-refractivity contribution in [3.05, 3.63) is 28.0 Å². The number of thiazole rings is 1. The second-order valence-corrected chi connectivity index (χ2v) is 6.90. The third kappa shape index (κ3) is 2.65. The molecule has 1 saturated heterocycles. The number of thiophene rings is 1. The molecule has 0 amide bonds. The van der Waals surface area contributed by atoms with E-state index in [9.17, 15) is 0 Å². The summed E-state index contributed by atoms with van der Waals surface area (Å²) < 4.78 is 0. The Bertz CT molecular complexity index is 761. The first-order valence-corrected chi connectivity index (χ1v) is 8.97. The van der Waals surface area contributed by atoms with E-state index in [1.807, 2.05) is 17.0 Å². The number of rotatable bonds is 3. The molecule has 4 rings (SSSR count). The average molecular weight is 332 g/mol. The Hall–Kier alpha value is -1.77. The van der Waals surface area contributed by atoms with Crippen molar-refractivity contribution in [2.75, 3.05) is 36.8 Å². The smallest absolute Gasteiger partial charge is 0.228 e. The molecular formula is C14H16N6S2. The molecule has 2 N–H and O–H groups in total. The average Bonchev–Trinajstić information content (AvgIpc) is 3.19. The summed E-state index contributed by atoms with van der Waals surface area (Å²) in [5.41, 5.74) is 9.08. The van der Waals surface area contributed by atoms with Gasteiger partial charge < -0.3 is 10.6 Å². The predicted molar refractivity (Wildman–Crippen MR) is 91.4 cm³/mol. The van der Waals surface area contributed by atoms with Crippen molar-refractivity contribution in [2.45, 2.75) is 6.54 Å². The first-order chi connectivity index (χ1) is 10.8. The largest absolute Gasteiger partial charge is 0.383 e. The monoisotopic (exact) mass is 332 g/mol. The number of nitrogen functional groups attached to an aromatic ring is 1. The van der Waals surface area contributed by atoms with Crippen molar-refractivity contribution in [3.63, 3.8) is 0 Å². The van der Waals surface area contributed by atoms with Crippen LogP contribution in [0.3, 0.4) is 0 Å². The fourth-order valence-electron chi connectivity index (χ4n) is 2.66. The molecule has 0 unspecified atom stereocenters. The summed E-state index contributed by atoms with van der Waals surface area (Å²) in [4.78, 5) is 19.1. The fourth-order valence-corrected chi connectivity index (χ4v) is 3.98. The van der Waals surface area contributed by atoms with E-state index in [1.54, 1.807) is 22.7 Å². The van der Waals surface area contributed by atoms with Crippen LogP contribution < -0.4 is 10.6 Å². The van der Waals surface area contributed by atoms with Gasteiger partial charge in [0.1, 0.15) is 10.6 Å². The molecular weight excluding hydrogens is 316 g/mol. The van der Waals surface area contributed by atoms with Gasteiger partial charge in [-0.15, -0.1) is 22.7 Å². The van der Waals surface area contributed by atoms with Crippen LogP contribution >= 0.6 is 22.7 Å². The highest BCUT2D eigenvalue weighted by molar-refractivity contribution is 7.16. The van der Waals surface area contributed by atoms with Gasteiger partial charge in [0.15, 0.2) is 0 Å². The Morgan fingerprint density at radius 2 is 2.05 bits per heavy atom. The zero-order valence-corrected chi connectivity index (χ0v) is 13.6. The molecule has 4 heterocycles. The Balaban J connectivity index is 1.46. The molecule has 0 atom stereocenters. The number of nitrogens with zero attached hydrogens (tertiary/aromatic N) is 5. The van der Waals surface area contributed by atoms with Crippen LogP contribution in [-0.4, -0.2) is 46.0 Å². The molecule has 22 heavy (non-hydrogen) atoms. The lowest BCUT2D eigenvalue weighted by Crippen LogP contribution is -2.46. The van der Waals surface area contributed by atoms with Gasteiger partial charge in [-0.2, -0.15) is 4.98 Å². The van der Waals surface area contributed by atoms with E-state index in [1.165, 1.54) is 0 Å². The van der Waals surface area contributed by atoms with Crippen LogP contribution in [0.4, 0.5) is 11.8 Å². The summed E-state index contributed by atoms with van der Waals surface area (Å²) in [6.45, 7) is 4.73. The third-order valence-corrected chi connectivity index (χ3v) is 5.31. The standard InChI is InChI=1S/C14H16N6S2/c15-12-11-1-6-22-13(11)18-14(17-12)20-4-2-19(3-5-20)7-10-8-21-9-16-10/h1,6,8-9H,2-5,7H2,(H2,15,17,18). The molecule has 0 radical (unpaired) electrons. The molecule has 1 aliphatic rings. The summed E-state index contributed by atoms with van der Waals surface area (Å²) in [5, 5.41) is 5.07. The lowest BCUT2D eigenvalue weighted by atomic mass is 10.3. The van der Waals surface area contributed by atoms with Crippen LogP contribution in [0.2, 0.25) is 0 Å². The van der Waals surface area contributed by atoms with Crippen molar-refractivity contribution < 1.29 is 0 Å². The molecule has 6 nitrogen and oxygen atoms in total. The molecule has 0 aliphatic carbocycles. The number of fused-ring (bicyclic) bond motifs is 1. The zero-order valence-electron chi connectivity index (χ0n) is 12.0. The van der Waals surface area contributed by atoms with Gasteiger partial charge in [0, 0.05) is 38.1 Å². The molecule has 0 spiro atoms. The molecule has 1 fully saturated rings. The summed E-state index contributed by atoms with van der Waals surface area (Å²) >= 11 is 3.26. The highest BCUT2D eigenvalue weighted by Gasteiger charge is 2.20. The quantitative estimate of drug-likeness (QED) is 0.791. The normalized spacial score (nSPS) is 16.5.